The van der Waals surface area contributed by atoms with Crippen molar-refractivity contribution in [2.24, 2.45) is 0 Å². The lowest BCUT2D eigenvalue weighted by Crippen LogP contribution is -2.22. The van der Waals surface area contributed by atoms with Gasteiger partial charge in [-0.25, -0.2) is 10.5 Å². The van der Waals surface area contributed by atoms with E-state index in [1.165, 1.54) is 7.11 Å². The molecule has 0 fully saturated rings. The number of nitrogens with one attached hydrogen (secondary N) is 1. The van der Waals surface area contributed by atoms with Crippen molar-refractivity contribution in [3.63, 3.8) is 0 Å². The van der Waals surface area contributed by atoms with E-state index in [4.69, 9.17) is 9.94 Å². The van der Waals surface area contributed by atoms with Crippen LogP contribution < -0.4 is 10.2 Å². The molecule has 2 rings (SSSR count). The molecule has 23 heavy (non-hydrogen) atoms. The van der Waals surface area contributed by atoms with Crippen molar-refractivity contribution in [3.05, 3.63) is 52.7 Å². The van der Waals surface area contributed by atoms with Crippen molar-refractivity contribution in [2.75, 3.05) is 7.11 Å². The molecule has 2 aromatic rings. The van der Waals surface area contributed by atoms with E-state index < -0.39 is 5.91 Å². The first-order valence-electron chi connectivity index (χ1n) is 7.26. The zero-order chi connectivity index (χ0) is 17.0. The third kappa shape index (κ3) is 3.24. The number of aromatic nitrogens is 1. The number of allylic oxidation sites excluding steroid dienone is 1. The number of methoxy groups -OCH3 is 1. The summed E-state index contributed by atoms with van der Waals surface area (Å²) in [6.45, 7) is 5.65. The van der Waals surface area contributed by atoms with Gasteiger partial charge in [-0.05, 0) is 32.4 Å². The molecule has 0 bridgehead atoms. The lowest BCUT2D eigenvalue weighted by molar-refractivity contribution is 0.0702. The number of ether oxygens (including phenoxy) is 1. The molecular weight excluding hydrogens is 292 g/mol. The first-order valence-corrected chi connectivity index (χ1v) is 7.26. The second kappa shape index (κ2) is 7.07. The van der Waals surface area contributed by atoms with Crippen molar-refractivity contribution in [1.29, 1.82) is 0 Å². The van der Waals surface area contributed by atoms with Gasteiger partial charge >= 0.3 is 0 Å². The molecule has 0 saturated carbocycles. The number of carbonyl (C=O) groups excluding carboxylic acids is 1. The standard InChI is InChI=1S/C18H20N2O3/c1-5-6-14-12(3)15(18(21)20-22)17(23-4)16(19-14)13-9-7-11(2)8-10-13/h5-10,22H,1-4H3,(H,20,21)/b6-5-. The Morgan fingerprint density at radius 2 is 1.91 bits per heavy atom. The number of aryl methyl sites for hydroxylation is 1. The van der Waals surface area contributed by atoms with E-state index in [2.05, 4.69) is 4.98 Å². The molecular formula is C18H20N2O3. The summed E-state index contributed by atoms with van der Waals surface area (Å²) in [6.07, 6.45) is 3.67. The number of amides is 1. The second-order valence-corrected chi connectivity index (χ2v) is 5.19. The van der Waals surface area contributed by atoms with Gasteiger partial charge in [0, 0.05) is 5.56 Å². The number of rotatable bonds is 4. The predicted octanol–water partition coefficient (Wildman–Crippen LogP) is 3.53. The maximum atomic E-state index is 12.1. The normalized spacial score (nSPS) is 10.8. The number of pyridine rings is 1. The molecule has 0 aliphatic heterocycles. The summed E-state index contributed by atoms with van der Waals surface area (Å²) in [5.41, 5.74) is 5.78. The molecule has 2 N–H and O–H groups in total. The second-order valence-electron chi connectivity index (χ2n) is 5.19. The maximum Gasteiger partial charge on any atom is 0.278 e. The van der Waals surface area contributed by atoms with Gasteiger partial charge in [0.15, 0.2) is 5.75 Å². The van der Waals surface area contributed by atoms with E-state index in [-0.39, 0.29) is 5.56 Å². The third-order valence-electron chi connectivity index (χ3n) is 3.62. The smallest absolute Gasteiger partial charge is 0.278 e. The van der Waals surface area contributed by atoms with Gasteiger partial charge in [-0.15, -0.1) is 0 Å². The van der Waals surface area contributed by atoms with Crippen molar-refractivity contribution in [1.82, 2.24) is 10.5 Å². The summed E-state index contributed by atoms with van der Waals surface area (Å²) < 4.78 is 5.44. The highest BCUT2D eigenvalue weighted by Gasteiger charge is 2.23. The molecule has 0 spiro atoms. The Hall–Kier alpha value is -2.66. The minimum Gasteiger partial charge on any atom is -0.494 e. The minimum absolute atomic E-state index is 0.272. The van der Waals surface area contributed by atoms with Crippen LogP contribution in [0.2, 0.25) is 0 Å². The quantitative estimate of drug-likeness (QED) is 0.669. The molecule has 0 unspecified atom stereocenters. The molecule has 0 atom stereocenters. The molecule has 1 heterocycles. The molecule has 1 aromatic carbocycles. The van der Waals surface area contributed by atoms with Crippen LogP contribution in [0.3, 0.4) is 0 Å². The van der Waals surface area contributed by atoms with E-state index in [0.29, 0.717) is 22.7 Å². The van der Waals surface area contributed by atoms with Gasteiger partial charge in [-0.2, -0.15) is 0 Å². The Balaban J connectivity index is 2.81. The Morgan fingerprint density at radius 1 is 1.26 bits per heavy atom. The molecule has 0 radical (unpaired) electrons. The summed E-state index contributed by atoms with van der Waals surface area (Å²) in [4.78, 5) is 16.8. The average molecular weight is 312 g/mol. The van der Waals surface area contributed by atoms with Crippen LogP contribution in [0.1, 0.15) is 34.1 Å². The van der Waals surface area contributed by atoms with Gasteiger partial charge in [-0.1, -0.05) is 35.9 Å². The van der Waals surface area contributed by atoms with Gasteiger partial charge in [0.25, 0.3) is 5.91 Å². The van der Waals surface area contributed by atoms with Crippen LogP contribution in [0, 0.1) is 13.8 Å². The van der Waals surface area contributed by atoms with Gasteiger partial charge in [0.1, 0.15) is 5.69 Å². The van der Waals surface area contributed by atoms with Crippen LogP contribution in [-0.4, -0.2) is 23.2 Å². The van der Waals surface area contributed by atoms with Gasteiger partial charge in [-0.3, -0.25) is 10.0 Å². The Labute approximate surface area is 135 Å². The van der Waals surface area contributed by atoms with E-state index in [1.807, 2.05) is 50.3 Å². The van der Waals surface area contributed by atoms with Gasteiger partial charge < -0.3 is 4.74 Å². The molecule has 0 saturated heterocycles. The first kappa shape index (κ1) is 16.7. The molecule has 0 aliphatic carbocycles. The lowest BCUT2D eigenvalue weighted by atomic mass is 10.00. The SMILES string of the molecule is C/C=C\c1nc(-c2ccc(C)cc2)c(OC)c(C(=O)NO)c1C. The molecule has 1 aromatic heterocycles. The van der Waals surface area contributed by atoms with Crippen molar-refractivity contribution < 1.29 is 14.7 Å². The number of nitrogens with zero attached hydrogens (tertiary/aromatic N) is 1. The highest BCUT2D eigenvalue weighted by Crippen LogP contribution is 2.35. The molecule has 5 nitrogen and oxygen atoms in total. The number of hydrogen-bond acceptors (Lipinski definition) is 4. The third-order valence-corrected chi connectivity index (χ3v) is 3.62. The highest BCUT2D eigenvalue weighted by molar-refractivity contribution is 6.00. The zero-order valence-corrected chi connectivity index (χ0v) is 13.7. The lowest BCUT2D eigenvalue weighted by Gasteiger charge is -2.16. The average Bonchev–Trinajstić information content (AvgIpc) is 2.56. The summed E-state index contributed by atoms with van der Waals surface area (Å²) in [6, 6.07) is 7.79. The van der Waals surface area contributed by atoms with E-state index in [1.54, 1.807) is 12.4 Å². The number of carbonyl (C=O) groups is 1. The maximum absolute atomic E-state index is 12.1. The number of benzene rings is 1. The molecule has 120 valence electrons. The Bertz CT molecular complexity index is 750. The summed E-state index contributed by atoms with van der Waals surface area (Å²) >= 11 is 0. The molecule has 5 heteroatoms. The largest absolute Gasteiger partial charge is 0.494 e. The van der Waals surface area contributed by atoms with Crippen LogP contribution in [0.15, 0.2) is 30.3 Å². The fraction of sp³-hybridized carbons (Fsp3) is 0.222. The van der Waals surface area contributed by atoms with Crippen molar-refractivity contribution >= 4 is 12.0 Å². The number of hydrogen-bond donors (Lipinski definition) is 2. The summed E-state index contributed by atoms with van der Waals surface area (Å²) in [7, 11) is 1.48. The van der Waals surface area contributed by atoms with E-state index >= 15 is 0 Å². The van der Waals surface area contributed by atoms with E-state index in [0.717, 1.165) is 11.1 Å². The van der Waals surface area contributed by atoms with Crippen LogP contribution in [-0.2, 0) is 0 Å². The zero-order valence-electron chi connectivity index (χ0n) is 13.7. The van der Waals surface area contributed by atoms with Crippen LogP contribution in [0.5, 0.6) is 5.75 Å². The summed E-state index contributed by atoms with van der Waals surface area (Å²) in [5, 5.41) is 9.06. The van der Waals surface area contributed by atoms with Crippen molar-refractivity contribution in [3.8, 4) is 17.0 Å². The number of hydroxylamine groups is 1. The Morgan fingerprint density at radius 3 is 2.43 bits per heavy atom. The Kier molecular flexibility index (Phi) is 5.13. The predicted molar refractivity (Wildman–Crippen MR) is 89.7 cm³/mol. The highest BCUT2D eigenvalue weighted by atomic mass is 16.5. The van der Waals surface area contributed by atoms with Crippen LogP contribution in [0.4, 0.5) is 0 Å². The summed E-state index contributed by atoms with van der Waals surface area (Å²) in [5.74, 6) is -0.285. The minimum atomic E-state index is -0.624. The molecule has 0 aliphatic rings. The van der Waals surface area contributed by atoms with Crippen LogP contribution in [0.25, 0.3) is 17.3 Å². The fourth-order valence-electron chi connectivity index (χ4n) is 2.43. The van der Waals surface area contributed by atoms with E-state index in [9.17, 15) is 4.79 Å². The fourth-order valence-corrected chi connectivity index (χ4v) is 2.43. The van der Waals surface area contributed by atoms with Gasteiger partial charge in [0.05, 0.1) is 18.4 Å². The van der Waals surface area contributed by atoms with Gasteiger partial charge in [0.2, 0.25) is 0 Å². The van der Waals surface area contributed by atoms with Crippen LogP contribution >= 0.6 is 0 Å². The van der Waals surface area contributed by atoms with Crippen molar-refractivity contribution in [2.45, 2.75) is 20.8 Å². The monoisotopic (exact) mass is 312 g/mol. The first-order chi connectivity index (χ1) is 11.0. The molecule has 1 amide bonds. The topological polar surface area (TPSA) is 71.5 Å².